The van der Waals surface area contributed by atoms with Crippen molar-refractivity contribution in [3.05, 3.63) is 99.2 Å². The van der Waals surface area contributed by atoms with Crippen molar-refractivity contribution < 1.29 is 14.7 Å². The van der Waals surface area contributed by atoms with Crippen molar-refractivity contribution in [2.75, 3.05) is 0 Å². The molecular formula is C22H18N2O3S. The fourth-order valence-corrected chi connectivity index (χ4v) is 4.05. The van der Waals surface area contributed by atoms with Crippen molar-refractivity contribution in [3.63, 3.8) is 0 Å². The highest BCUT2D eigenvalue weighted by molar-refractivity contribution is 7.12. The summed E-state index contributed by atoms with van der Waals surface area (Å²) >= 11 is 1.29. The predicted molar refractivity (Wildman–Crippen MR) is 107 cm³/mol. The molecule has 2 aromatic heterocycles. The Labute approximate surface area is 166 Å². The molecule has 0 saturated carbocycles. The number of hydrogen-bond donors (Lipinski definition) is 1. The van der Waals surface area contributed by atoms with Gasteiger partial charge in [0.15, 0.2) is 5.76 Å². The summed E-state index contributed by atoms with van der Waals surface area (Å²) in [4.78, 5) is 32.1. The second kappa shape index (κ2) is 7.40. The van der Waals surface area contributed by atoms with E-state index in [0.29, 0.717) is 4.88 Å². The van der Waals surface area contributed by atoms with Crippen LogP contribution in [0.5, 0.6) is 0 Å². The third kappa shape index (κ3) is 3.23. The molecule has 3 aromatic rings. The van der Waals surface area contributed by atoms with Crippen LogP contribution in [0, 0.1) is 6.92 Å². The van der Waals surface area contributed by atoms with Gasteiger partial charge in [-0.1, -0.05) is 42.0 Å². The summed E-state index contributed by atoms with van der Waals surface area (Å²) < 4.78 is 0. The van der Waals surface area contributed by atoms with Gasteiger partial charge in [0.1, 0.15) is 0 Å². The molecule has 1 N–H and O–H groups in total. The molecule has 0 saturated heterocycles. The molecule has 3 heterocycles. The molecule has 1 atom stereocenters. The van der Waals surface area contributed by atoms with E-state index in [1.165, 1.54) is 16.2 Å². The highest BCUT2D eigenvalue weighted by Gasteiger charge is 2.43. The zero-order valence-electron chi connectivity index (χ0n) is 15.2. The van der Waals surface area contributed by atoms with Gasteiger partial charge in [-0.25, -0.2) is 0 Å². The number of ketones is 1. The monoisotopic (exact) mass is 390 g/mol. The van der Waals surface area contributed by atoms with Crippen LogP contribution in [0.15, 0.2) is 77.6 Å². The third-order valence-corrected chi connectivity index (χ3v) is 5.63. The summed E-state index contributed by atoms with van der Waals surface area (Å²) in [6.07, 6.45) is 3.34. The first-order chi connectivity index (χ1) is 13.6. The minimum absolute atomic E-state index is 0.125. The Balaban J connectivity index is 1.79. The summed E-state index contributed by atoms with van der Waals surface area (Å²) in [6, 6.07) is 14.1. The lowest BCUT2D eigenvalue weighted by Gasteiger charge is -2.27. The van der Waals surface area contributed by atoms with E-state index >= 15 is 0 Å². The van der Waals surface area contributed by atoms with Crippen LogP contribution in [0.4, 0.5) is 0 Å². The molecule has 6 heteroatoms. The summed E-state index contributed by atoms with van der Waals surface area (Å²) in [5, 5.41) is 12.4. The first-order valence-corrected chi connectivity index (χ1v) is 9.72. The van der Waals surface area contributed by atoms with Gasteiger partial charge in [0, 0.05) is 18.9 Å². The van der Waals surface area contributed by atoms with Crippen LogP contribution < -0.4 is 0 Å². The Hall–Kier alpha value is -3.25. The molecule has 1 aromatic carbocycles. The molecule has 140 valence electrons. The predicted octanol–water partition coefficient (Wildman–Crippen LogP) is 4.23. The Bertz CT molecular complexity index is 1040. The summed E-state index contributed by atoms with van der Waals surface area (Å²) in [5.41, 5.74) is 2.81. The van der Waals surface area contributed by atoms with E-state index in [9.17, 15) is 14.7 Å². The van der Waals surface area contributed by atoms with E-state index in [1.54, 1.807) is 36.0 Å². The number of aliphatic hydroxyl groups excluding tert-OH is 1. The molecule has 1 aliphatic heterocycles. The van der Waals surface area contributed by atoms with Crippen molar-refractivity contribution in [2.45, 2.75) is 19.5 Å². The molecule has 0 aliphatic carbocycles. The number of Topliss-reactive ketones (excluding diaryl/α,β-unsaturated/α-hetero) is 1. The number of rotatable bonds is 5. The number of hydrogen-bond acceptors (Lipinski definition) is 5. The van der Waals surface area contributed by atoms with E-state index in [-0.39, 0.29) is 17.9 Å². The number of pyridine rings is 1. The van der Waals surface area contributed by atoms with E-state index in [0.717, 1.165) is 16.7 Å². The number of thiophene rings is 1. The molecule has 1 aliphatic rings. The average Bonchev–Trinajstić information content (AvgIpc) is 3.33. The smallest absolute Gasteiger partial charge is 0.290 e. The van der Waals surface area contributed by atoms with Gasteiger partial charge in [-0.2, -0.15) is 0 Å². The molecule has 0 fully saturated rings. The van der Waals surface area contributed by atoms with Gasteiger partial charge in [0.2, 0.25) is 5.78 Å². The summed E-state index contributed by atoms with van der Waals surface area (Å²) in [5.74, 6) is -1.35. The van der Waals surface area contributed by atoms with Crippen molar-refractivity contribution >= 4 is 23.0 Å². The third-order valence-electron chi connectivity index (χ3n) is 4.76. The van der Waals surface area contributed by atoms with E-state index in [4.69, 9.17) is 0 Å². The van der Waals surface area contributed by atoms with Crippen LogP contribution in [-0.4, -0.2) is 26.7 Å². The number of aryl methyl sites for hydroxylation is 1. The van der Waals surface area contributed by atoms with Crippen LogP contribution in [0.25, 0.3) is 0 Å². The van der Waals surface area contributed by atoms with Crippen molar-refractivity contribution in [3.8, 4) is 0 Å². The molecule has 1 amide bonds. The average molecular weight is 390 g/mol. The van der Waals surface area contributed by atoms with Crippen LogP contribution in [0.2, 0.25) is 0 Å². The van der Waals surface area contributed by atoms with Gasteiger partial charge >= 0.3 is 0 Å². The quantitative estimate of drug-likeness (QED) is 0.662. The van der Waals surface area contributed by atoms with Gasteiger partial charge in [0.25, 0.3) is 5.91 Å². The van der Waals surface area contributed by atoms with Crippen LogP contribution >= 0.6 is 11.3 Å². The lowest BCUT2D eigenvalue weighted by atomic mass is 9.94. The molecule has 0 unspecified atom stereocenters. The summed E-state index contributed by atoms with van der Waals surface area (Å²) in [7, 11) is 0. The van der Waals surface area contributed by atoms with Crippen LogP contribution in [-0.2, 0) is 11.3 Å². The van der Waals surface area contributed by atoms with Crippen LogP contribution in [0.3, 0.4) is 0 Å². The molecule has 0 radical (unpaired) electrons. The minimum atomic E-state index is -0.650. The molecule has 0 spiro atoms. The standard InChI is InChI=1S/C22H18N2O3S/c1-14-6-8-16(9-7-14)19-18(20(25)17-5-3-11-28-17)21(26)22(27)24(19)13-15-4-2-10-23-12-15/h2-12,19,26H,13H2,1H3/t19-/m1/s1. The molecule has 4 rings (SSSR count). The topological polar surface area (TPSA) is 70.5 Å². The maximum absolute atomic E-state index is 13.1. The number of aromatic nitrogens is 1. The number of carbonyl (C=O) groups is 2. The van der Waals surface area contributed by atoms with E-state index < -0.39 is 17.7 Å². The Kier molecular flexibility index (Phi) is 4.79. The largest absolute Gasteiger partial charge is 0.503 e. The van der Waals surface area contributed by atoms with E-state index in [2.05, 4.69) is 4.98 Å². The number of aliphatic hydroxyl groups is 1. The normalized spacial score (nSPS) is 16.7. The summed E-state index contributed by atoms with van der Waals surface area (Å²) in [6.45, 7) is 2.22. The lowest BCUT2D eigenvalue weighted by Crippen LogP contribution is -2.30. The molecule has 28 heavy (non-hydrogen) atoms. The minimum Gasteiger partial charge on any atom is -0.503 e. The first kappa shape index (κ1) is 18.1. The number of amides is 1. The fourth-order valence-electron chi connectivity index (χ4n) is 3.37. The molecule has 5 nitrogen and oxygen atoms in total. The SMILES string of the molecule is Cc1ccc([C@@H]2C(C(=O)c3cccs3)=C(O)C(=O)N2Cc2cccnc2)cc1. The van der Waals surface area contributed by atoms with Crippen molar-refractivity contribution in [1.82, 2.24) is 9.88 Å². The highest BCUT2D eigenvalue weighted by Crippen LogP contribution is 2.40. The molecule has 0 bridgehead atoms. The van der Waals surface area contributed by atoms with Gasteiger partial charge in [-0.15, -0.1) is 11.3 Å². The van der Waals surface area contributed by atoms with Crippen LogP contribution in [0.1, 0.15) is 32.4 Å². The van der Waals surface area contributed by atoms with E-state index in [1.807, 2.05) is 37.3 Å². The maximum atomic E-state index is 13.1. The van der Waals surface area contributed by atoms with Crippen molar-refractivity contribution in [1.29, 1.82) is 0 Å². The van der Waals surface area contributed by atoms with Gasteiger partial charge < -0.3 is 10.0 Å². The Morgan fingerprint density at radius 3 is 2.61 bits per heavy atom. The zero-order valence-corrected chi connectivity index (χ0v) is 16.0. The lowest BCUT2D eigenvalue weighted by molar-refractivity contribution is -0.130. The first-order valence-electron chi connectivity index (χ1n) is 8.84. The van der Waals surface area contributed by atoms with Gasteiger partial charge in [0.05, 0.1) is 16.5 Å². The fraction of sp³-hybridized carbons (Fsp3) is 0.136. The van der Waals surface area contributed by atoms with Crippen molar-refractivity contribution in [2.24, 2.45) is 0 Å². The number of nitrogens with zero attached hydrogens (tertiary/aromatic N) is 2. The van der Waals surface area contributed by atoms with Gasteiger partial charge in [-0.05, 0) is 35.6 Å². The van der Waals surface area contributed by atoms with Gasteiger partial charge in [-0.3, -0.25) is 14.6 Å². The number of carbonyl (C=O) groups excluding carboxylic acids is 2. The number of benzene rings is 1. The second-order valence-electron chi connectivity index (χ2n) is 6.68. The maximum Gasteiger partial charge on any atom is 0.290 e. The Morgan fingerprint density at radius 1 is 1.18 bits per heavy atom. The second-order valence-corrected chi connectivity index (χ2v) is 7.62. The Morgan fingerprint density at radius 2 is 1.96 bits per heavy atom. The zero-order chi connectivity index (χ0) is 19.7. The molecular weight excluding hydrogens is 372 g/mol. The highest BCUT2D eigenvalue weighted by atomic mass is 32.1.